The first-order chi connectivity index (χ1) is 15.2. The Morgan fingerprint density at radius 3 is 2.22 bits per heavy atom. The summed E-state index contributed by atoms with van der Waals surface area (Å²) in [6, 6.07) is 18.9. The number of sulfonamides is 1. The molecule has 1 saturated heterocycles. The first-order valence-corrected chi connectivity index (χ1v) is 12.9. The summed E-state index contributed by atoms with van der Waals surface area (Å²) in [7, 11) is -3.75. The van der Waals surface area contributed by atoms with Gasteiger partial charge in [0.2, 0.25) is 5.91 Å². The first-order valence-electron chi connectivity index (χ1n) is 10.4. The molecule has 166 valence electrons. The van der Waals surface area contributed by atoms with E-state index in [1.54, 1.807) is 11.0 Å². The molecule has 0 aliphatic carbocycles. The van der Waals surface area contributed by atoms with Gasteiger partial charge in [0.25, 0.3) is 10.0 Å². The van der Waals surface area contributed by atoms with Gasteiger partial charge < -0.3 is 0 Å². The molecule has 0 aromatic heterocycles. The van der Waals surface area contributed by atoms with Gasteiger partial charge in [-0.25, -0.2) is 8.42 Å². The minimum Gasteiger partial charge on any atom is -0.295 e. The van der Waals surface area contributed by atoms with Gasteiger partial charge in [-0.3, -0.25) is 14.4 Å². The first kappa shape index (κ1) is 22.4. The molecule has 1 atom stereocenters. The minimum absolute atomic E-state index is 0.0424. The van der Waals surface area contributed by atoms with E-state index >= 15 is 0 Å². The molecular weight excluding hydrogens is 440 g/mol. The second-order valence-corrected chi connectivity index (χ2v) is 10.9. The summed E-state index contributed by atoms with van der Waals surface area (Å²) < 4.78 is 29.1. The van der Waals surface area contributed by atoms with Crippen molar-refractivity contribution in [2.75, 3.05) is 15.4 Å². The van der Waals surface area contributed by atoms with E-state index < -0.39 is 10.0 Å². The average molecular weight is 467 g/mol. The lowest BCUT2D eigenvalue weighted by Gasteiger charge is -2.25. The van der Waals surface area contributed by atoms with Gasteiger partial charge in [0.1, 0.15) is 5.37 Å². The zero-order chi connectivity index (χ0) is 23.0. The van der Waals surface area contributed by atoms with E-state index in [0.29, 0.717) is 27.5 Å². The molecule has 3 aromatic rings. The highest BCUT2D eigenvalue weighted by atomic mass is 32.2. The molecule has 1 aliphatic rings. The number of nitrogens with zero attached hydrogens (tertiary/aromatic N) is 1. The van der Waals surface area contributed by atoms with Crippen LogP contribution in [0.5, 0.6) is 0 Å². The van der Waals surface area contributed by atoms with Crippen LogP contribution in [0.1, 0.15) is 33.2 Å². The van der Waals surface area contributed by atoms with Crippen molar-refractivity contribution in [1.29, 1.82) is 0 Å². The minimum atomic E-state index is -3.75. The summed E-state index contributed by atoms with van der Waals surface area (Å²) in [6.07, 6.45) is 0. The number of carbonyl (C=O) groups is 1. The fourth-order valence-corrected chi connectivity index (χ4v) is 6.88. The van der Waals surface area contributed by atoms with E-state index in [4.69, 9.17) is 0 Å². The summed E-state index contributed by atoms with van der Waals surface area (Å²) >= 11 is 1.54. The van der Waals surface area contributed by atoms with E-state index in [1.165, 1.54) is 11.8 Å². The van der Waals surface area contributed by atoms with Crippen molar-refractivity contribution < 1.29 is 13.2 Å². The molecule has 0 bridgehead atoms. The number of benzene rings is 3. The topological polar surface area (TPSA) is 66.5 Å². The predicted octanol–water partition coefficient (Wildman–Crippen LogP) is 5.50. The second kappa shape index (κ2) is 8.64. The lowest BCUT2D eigenvalue weighted by Crippen LogP contribution is -2.27. The van der Waals surface area contributed by atoms with Crippen LogP contribution in [-0.2, 0) is 14.8 Å². The molecule has 7 heteroatoms. The summed E-state index contributed by atoms with van der Waals surface area (Å²) in [6.45, 7) is 7.58. The van der Waals surface area contributed by atoms with Crippen molar-refractivity contribution >= 4 is 39.1 Å². The molecule has 0 spiro atoms. The third kappa shape index (κ3) is 4.40. The molecule has 1 N–H and O–H groups in total. The Morgan fingerprint density at radius 2 is 1.56 bits per heavy atom. The van der Waals surface area contributed by atoms with Crippen molar-refractivity contribution in [3.63, 3.8) is 0 Å². The van der Waals surface area contributed by atoms with E-state index in [2.05, 4.69) is 4.72 Å². The molecule has 0 saturated carbocycles. The van der Waals surface area contributed by atoms with Crippen molar-refractivity contribution in [3.05, 3.63) is 88.5 Å². The highest BCUT2D eigenvalue weighted by Crippen LogP contribution is 2.42. The maximum atomic E-state index is 13.2. The van der Waals surface area contributed by atoms with Crippen LogP contribution >= 0.6 is 11.8 Å². The Bertz CT molecular complexity index is 1260. The quantitative estimate of drug-likeness (QED) is 0.539. The molecule has 32 heavy (non-hydrogen) atoms. The smallest absolute Gasteiger partial charge is 0.262 e. The lowest BCUT2D eigenvalue weighted by molar-refractivity contribution is -0.115. The maximum absolute atomic E-state index is 13.2. The molecule has 1 fully saturated rings. The standard InChI is InChI=1S/C25H26N2O3S2/c1-16-8-10-22(11-9-16)27-23(28)15-31-25(27)20-6-5-7-21(14-20)26-32(29,30)24-18(3)12-17(2)13-19(24)4/h5-14,25-26H,15H2,1-4H3. The molecule has 1 unspecified atom stereocenters. The number of anilines is 2. The maximum Gasteiger partial charge on any atom is 0.262 e. The van der Waals surface area contributed by atoms with E-state index in [-0.39, 0.29) is 11.3 Å². The van der Waals surface area contributed by atoms with Crippen LogP contribution in [0.25, 0.3) is 0 Å². The summed E-state index contributed by atoms with van der Waals surface area (Å²) in [4.78, 5) is 14.7. The monoisotopic (exact) mass is 466 g/mol. The largest absolute Gasteiger partial charge is 0.295 e. The fourth-order valence-electron chi connectivity index (χ4n) is 4.21. The number of hydrogen-bond acceptors (Lipinski definition) is 4. The van der Waals surface area contributed by atoms with Gasteiger partial charge in [-0.1, -0.05) is 47.5 Å². The molecule has 1 aliphatic heterocycles. The van der Waals surface area contributed by atoms with Gasteiger partial charge in [-0.15, -0.1) is 11.8 Å². The number of carbonyl (C=O) groups excluding carboxylic acids is 1. The molecule has 5 nitrogen and oxygen atoms in total. The Morgan fingerprint density at radius 1 is 0.906 bits per heavy atom. The normalized spacial score (nSPS) is 16.4. The molecule has 1 heterocycles. The lowest BCUT2D eigenvalue weighted by atomic mass is 10.1. The van der Waals surface area contributed by atoms with Crippen LogP contribution in [-0.4, -0.2) is 20.1 Å². The Labute approximate surface area is 193 Å². The third-order valence-corrected chi connectivity index (χ3v) is 8.38. The van der Waals surface area contributed by atoms with Crippen LogP contribution in [0.15, 0.2) is 65.6 Å². The van der Waals surface area contributed by atoms with Gasteiger partial charge in [-0.05, 0) is 68.7 Å². The van der Waals surface area contributed by atoms with Crippen LogP contribution in [0.4, 0.5) is 11.4 Å². The van der Waals surface area contributed by atoms with Gasteiger partial charge in [0.05, 0.1) is 10.6 Å². The van der Waals surface area contributed by atoms with Gasteiger partial charge in [-0.2, -0.15) is 0 Å². The summed E-state index contributed by atoms with van der Waals surface area (Å²) in [5.74, 6) is 0.428. The number of rotatable bonds is 5. The number of thioether (sulfide) groups is 1. The van der Waals surface area contributed by atoms with Gasteiger partial charge in [0.15, 0.2) is 0 Å². The van der Waals surface area contributed by atoms with Crippen LogP contribution < -0.4 is 9.62 Å². The zero-order valence-electron chi connectivity index (χ0n) is 18.5. The predicted molar refractivity (Wildman–Crippen MR) is 132 cm³/mol. The van der Waals surface area contributed by atoms with E-state index in [1.807, 2.05) is 82.3 Å². The van der Waals surface area contributed by atoms with Gasteiger partial charge >= 0.3 is 0 Å². The molecule has 4 rings (SSSR count). The fraction of sp³-hybridized carbons (Fsp3) is 0.240. The number of aryl methyl sites for hydroxylation is 4. The molecule has 1 amide bonds. The van der Waals surface area contributed by atoms with Gasteiger partial charge in [0, 0.05) is 11.4 Å². The Kier molecular flexibility index (Phi) is 6.05. The second-order valence-electron chi connectivity index (χ2n) is 8.22. The summed E-state index contributed by atoms with van der Waals surface area (Å²) in [5.41, 5.74) is 5.78. The van der Waals surface area contributed by atoms with Crippen molar-refractivity contribution in [3.8, 4) is 0 Å². The van der Waals surface area contributed by atoms with E-state index in [9.17, 15) is 13.2 Å². The summed E-state index contributed by atoms with van der Waals surface area (Å²) in [5, 5.41) is -0.211. The molecule has 0 radical (unpaired) electrons. The van der Waals surface area contributed by atoms with Crippen LogP contribution in [0.2, 0.25) is 0 Å². The van der Waals surface area contributed by atoms with Crippen molar-refractivity contribution in [2.24, 2.45) is 0 Å². The zero-order valence-corrected chi connectivity index (χ0v) is 20.2. The van der Waals surface area contributed by atoms with Crippen molar-refractivity contribution in [1.82, 2.24) is 0 Å². The SMILES string of the molecule is Cc1ccc(N2C(=O)CSC2c2cccc(NS(=O)(=O)c3c(C)cc(C)cc3C)c2)cc1. The number of hydrogen-bond donors (Lipinski definition) is 1. The van der Waals surface area contributed by atoms with E-state index in [0.717, 1.165) is 22.4 Å². The highest BCUT2D eigenvalue weighted by Gasteiger charge is 2.34. The molecule has 3 aromatic carbocycles. The number of amides is 1. The average Bonchev–Trinajstić information content (AvgIpc) is 3.09. The van der Waals surface area contributed by atoms with Crippen LogP contribution in [0.3, 0.4) is 0 Å². The van der Waals surface area contributed by atoms with Crippen molar-refractivity contribution in [2.45, 2.75) is 38.0 Å². The number of nitrogens with one attached hydrogen (secondary N) is 1. The molecular formula is C25H26N2O3S2. The van der Waals surface area contributed by atoms with Crippen LogP contribution in [0, 0.1) is 27.7 Å². The Balaban J connectivity index is 1.65. The Hall–Kier alpha value is -2.77. The third-order valence-electron chi connectivity index (χ3n) is 5.48. The highest BCUT2D eigenvalue weighted by molar-refractivity contribution is 8.00.